The Hall–Kier alpha value is -3.27. The maximum Gasteiger partial charge on any atom is 0.280 e. The second-order valence-corrected chi connectivity index (χ2v) is 8.63. The molecule has 2 heterocycles. The summed E-state index contributed by atoms with van der Waals surface area (Å²) in [5.41, 5.74) is 6.02. The first-order chi connectivity index (χ1) is 16.0. The van der Waals surface area contributed by atoms with Crippen LogP contribution in [0.2, 0.25) is 10.0 Å². The number of ether oxygens (including phenoxy) is 1. The second-order valence-electron chi connectivity index (χ2n) is 7.85. The van der Waals surface area contributed by atoms with Crippen LogP contribution in [0.5, 0.6) is 5.88 Å². The predicted octanol–water partition coefficient (Wildman–Crippen LogP) is 3.45. The topological polar surface area (TPSA) is 129 Å². The lowest BCUT2D eigenvalue weighted by atomic mass is 10.1. The van der Waals surface area contributed by atoms with Crippen molar-refractivity contribution >= 4 is 29.4 Å². The Balaban J connectivity index is 2.04. The Morgan fingerprint density at radius 3 is 2.71 bits per heavy atom. The van der Waals surface area contributed by atoms with Gasteiger partial charge in [0.1, 0.15) is 18.0 Å². The summed E-state index contributed by atoms with van der Waals surface area (Å²) in [5, 5.41) is 10.3. The van der Waals surface area contributed by atoms with Crippen LogP contribution in [-0.4, -0.2) is 44.5 Å². The molecule has 3 rings (SSSR count). The van der Waals surface area contributed by atoms with E-state index >= 15 is 0 Å². The molecule has 9 nitrogen and oxygen atoms in total. The summed E-state index contributed by atoms with van der Waals surface area (Å²) in [4.78, 5) is 29.8. The average molecular weight is 503 g/mol. The number of hydrogen-bond acceptors (Lipinski definition) is 8. The summed E-state index contributed by atoms with van der Waals surface area (Å²) in [6, 6.07) is 6.78. The Labute approximate surface area is 206 Å². The van der Waals surface area contributed by atoms with Crippen LogP contribution in [0.15, 0.2) is 52.0 Å². The molecule has 0 spiro atoms. The number of nitrogens with two attached hydrogens (primary N) is 1. The number of halogens is 2. The van der Waals surface area contributed by atoms with Crippen LogP contribution in [0.1, 0.15) is 25.5 Å². The molecule has 3 aromatic rings. The van der Waals surface area contributed by atoms with Crippen molar-refractivity contribution in [3.8, 4) is 22.8 Å². The number of aromatic nitrogens is 4. The Morgan fingerprint density at radius 1 is 1.29 bits per heavy atom. The van der Waals surface area contributed by atoms with Gasteiger partial charge in [0.2, 0.25) is 5.88 Å². The van der Waals surface area contributed by atoms with Crippen molar-refractivity contribution in [3.63, 3.8) is 0 Å². The van der Waals surface area contributed by atoms with Gasteiger partial charge in [-0.15, -0.1) is 0 Å². The number of hydrogen-bond donors (Lipinski definition) is 2. The molecule has 0 atom stereocenters. The molecule has 0 bridgehead atoms. The van der Waals surface area contributed by atoms with E-state index < -0.39 is 11.2 Å². The zero-order valence-electron chi connectivity index (χ0n) is 19.1. The van der Waals surface area contributed by atoms with Gasteiger partial charge in [-0.2, -0.15) is 4.98 Å². The van der Waals surface area contributed by atoms with Crippen molar-refractivity contribution in [2.75, 3.05) is 13.7 Å². The lowest BCUT2D eigenvalue weighted by Gasteiger charge is -2.17. The molecule has 0 radical (unpaired) electrons. The maximum absolute atomic E-state index is 13.1. The first-order valence-electron chi connectivity index (χ1n) is 10.2. The number of benzene rings is 1. The Bertz CT molecular complexity index is 1330. The van der Waals surface area contributed by atoms with Crippen LogP contribution in [0.3, 0.4) is 0 Å². The van der Waals surface area contributed by atoms with E-state index in [-0.39, 0.29) is 23.3 Å². The van der Waals surface area contributed by atoms with Crippen LogP contribution >= 0.6 is 23.2 Å². The molecule has 0 aliphatic carbocycles. The standard InChI is InChI=1S/C23H24Cl2N6O3/c1-13-29-20(34-12-15(26)7-9-27-4)19(25)21(32)31(13)18-11-14(5-6-16(18)24)17-8-10-28-22(30-17)23(2,3)33/h5-11,33H,12,26H2,1-4H3/b15-7-,27-9?. The van der Waals surface area contributed by atoms with E-state index in [0.717, 1.165) is 0 Å². The van der Waals surface area contributed by atoms with Crippen LogP contribution < -0.4 is 16.0 Å². The zero-order chi connectivity index (χ0) is 25.0. The number of aliphatic hydroxyl groups is 1. The summed E-state index contributed by atoms with van der Waals surface area (Å²) in [6.45, 7) is 4.81. The minimum Gasteiger partial charge on any atom is -0.470 e. The molecule has 0 fully saturated rings. The second kappa shape index (κ2) is 10.3. The predicted molar refractivity (Wildman–Crippen MR) is 133 cm³/mol. The van der Waals surface area contributed by atoms with Gasteiger partial charge in [-0.3, -0.25) is 14.4 Å². The molecule has 34 heavy (non-hydrogen) atoms. The number of allylic oxidation sites excluding steroid dienone is 1. The highest BCUT2D eigenvalue weighted by Gasteiger charge is 2.21. The van der Waals surface area contributed by atoms with Gasteiger partial charge in [0.05, 0.1) is 16.4 Å². The number of aryl methyl sites for hydroxylation is 1. The van der Waals surface area contributed by atoms with Crippen LogP contribution in [-0.2, 0) is 5.60 Å². The van der Waals surface area contributed by atoms with E-state index in [1.807, 2.05) is 0 Å². The van der Waals surface area contributed by atoms with Gasteiger partial charge in [0, 0.05) is 30.7 Å². The van der Waals surface area contributed by atoms with Crippen molar-refractivity contribution in [1.29, 1.82) is 0 Å². The first kappa shape index (κ1) is 25.4. The van der Waals surface area contributed by atoms with E-state index in [1.54, 1.807) is 64.4 Å². The lowest BCUT2D eigenvalue weighted by Crippen LogP contribution is -2.24. The summed E-state index contributed by atoms with van der Waals surface area (Å²) in [6.07, 6.45) is 4.65. The minimum atomic E-state index is -1.21. The Morgan fingerprint density at radius 2 is 2.03 bits per heavy atom. The smallest absolute Gasteiger partial charge is 0.280 e. The zero-order valence-corrected chi connectivity index (χ0v) is 20.6. The maximum atomic E-state index is 13.1. The van der Waals surface area contributed by atoms with Gasteiger partial charge >= 0.3 is 0 Å². The molecular weight excluding hydrogens is 479 g/mol. The molecule has 2 aromatic heterocycles. The van der Waals surface area contributed by atoms with Gasteiger partial charge in [-0.05, 0) is 45.0 Å². The van der Waals surface area contributed by atoms with E-state index in [4.69, 9.17) is 33.7 Å². The van der Waals surface area contributed by atoms with Gasteiger partial charge in [-0.1, -0.05) is 29.3 Å². The van der Waals surface area contributed by atoms with Crippen LogP contribution in [0.25, 0.3) is 16.9 Å². The molecule has 11 heteroatoms. The summed E-state index contributed by atoms with van der Waals surface area (Å²) in [7, 11) is 1.61. The molecule has 0 saturated heterocycles. The van der Waals surface area contributed by atoms with Crippen LogP contribution in [0, 0.1) is 6.92 Å². The Kier molecular flexibility index (Phi) is 7.71. The van der Waals surface area contributed by atoms with Gasteiger partial charge in [0.15, 0.2) is 10.8 Å². The number of rotatable bonds is 7. The highest BCUT2D eigenvalue weighted by molar-refractivity contribution is 6.33. The molecule has 0 aliphatic heterocycles. The molecule has 0 amide bonds. The fourth-order valence-electron chi connectivity index (χ4n) is 2.99. The van der Waals surface area contributed by atoms with Crippen LogP contribution in [0.4, 0.5) is 0 Å². The lowest BCUT2D eigenvalue weighted by molar-refractivity contribution is 0.0688. The molecule has 1 aromatic carbocycles. The van der Waals surface area contributed by atoms with E-state index in [2.05, 4.69) is 19.9 Å². The third-order valence-electron chi connectivity index (χ3n) is 4.66. The fraction of sp³-hybridized carbons (Fsp3) is 0.261. The third kappa shape index (κ3) is 5.61. The van der Waals surface area contributed by atoms with Gasteiger partial charge in [-0.25, -0.2) is 9.97 Å². The average Bonchev–Trinajstić information content (AvgIpc) is 2.79. The molecule has 178 valence electrons. The van der Waals surface area contributed by atoms with E-state index in [1.165, 1.54) is 10.8 Å². The normalized spacial score (nSPS) is 12.4. The summed E-state index contributed by atoms with van der Waals surface area (Å²) >= 11 is 12.7. The van der Waals surface area contributed by atoms with Gasteiger partial charge < -0.3 is 15.6 Å². The van der Waals surface area contributed by atoms with E-state index in [0.29, 0.717) is 33.5 Å². The van der Waals surface area contributed by atoms with Crippen molar-refractivity contribution in [1.82, 2.24) is 19.5 Å². The molecule has 3 N–H and O–H groups in total. The first-order valence-corrected chi connectivity index (χ1v) is 10.9. The quantitative estimate of drug-likeness (QED) is 0.473. The third-order valence-corrected chi connectivity index (χ3v) is 5.31. The number of nitrogens with zero attached hydrogens (tertiary/aromatic N) is 5. The number of aliphatic imine (C=N–C) groups is 1. The van der Waals surface area contributed by atoms with Crippen molar-refractivity contribution in [2.45, 2.75) is 26.4 Å². The van der Waals surface area contributed by atoms with Crippen molar-refractivity contribution < 1.29 is 9.84 Å². The van der Waals surface area contributed by atoms with Crippen molar-refractivity contribution in [2.24, 2.45) is 10.7 Å². The fourth-order valence-corrected chi connectivity index (χ4v) is 3.37. The molecular formula is C23H24Cl2N6O3. The molecule has 0 saturated carbocycles. The molecule has 0 unspecified atom stereocenters. The minimum absolute atomic E-state index is 0.0187. The summed E-state index contributed by atoms with van der Waals surface area (Å²) < 4.78 is 6.83. The molecule has 0 aliphatic rings. The summed E-state index contributed by atoms with van der Waals surface area (Å²) in [5.74, 6) is 0.531. The van der Waals surface area contributed by atoms with Gasteiger partial charge in [0.25, 0.3) is 5.56 Å². The van der Waals surface area contributed by atoms with Crippen molar-refractivity contribution in [3.05, 3.63) is 74.3 Å². The highest BCUT2D eigenvalue weighted by atomic mass is 35.5. The highest BCUT2D eigenvalue weighted by Crippen LogP contribution is 2.29. The monoisotopic (exact) mass is 502 g/mol. The van der Waals surface area contributed by atoms with E-state index in [9.17, 15) is 9.90 Å². The SMILES string of the molecule is CN=C/C=C(\N)COc1nc(C)n(-c2cc(-c3ccnc(C(C)(C)O)n3)ccc2Cl)c(=O)c1Cl. The largest absolute Gasteiger partial charge is 0.470 e.